The molecule has 3 rings (SSSR count). The predicted molar refractivity (Wildman–Crippen MR) is 88.2 cm³/mol. The minimum atomic E-state index is -3.50. The fraction of sp³-hybridized carbons (Fsp3) is 0.647. The highest BCUT2D eigenvalue weighted by Crippen LogP contribution is 2.26. The second-order valence-electron chi connectivity index (χ2n) is 6.83. The molecule has 128 valence electrons. The van der Waals surface area contributed by atoms with E-state index in [0.717, 1.165) is 31.8 Å². The van der Waals surface area contributed by atoms with Gasteiger partial charge in [0.15, 0.2) is 0 Å². The Morgan fingerprint density at radius 1 is 1.04 bits per heavy atom. The summed E-state index contributed by atoms with van der Waals surface area (Å²) in [7, 11) is -3.50. The summed E-state index contributed by atoms with van der Waals surface area (Å²) in [6.45, 7) is 5.67. The van der Waals surface area contributed by atoms with Crippen LogP contribution in [0.2, 0.25) is 0 Å². The van der Waals surface area contributed by atoms with Crippen LogP contribution >= 0.6 is 0 Å². The third-order valence-corrected chi connectivity index (χ3v) is 6.99. The number of benzene rings is 1. The Morgan fingerprint density at radius 2 is 1.70 bits per heavy atom. The second-order valence-corrected chi connectivity index (χ2v) is 8.77. The molecule has 0 N–H and O–H groups in total. The summed E-state index contributed by atoms with van der Waals surface area (Å²) in [6, 6.07) is 5.60. The van der Waals surface area contributed by atoms with E-state index in [2.05, 4.69) is 11.8 Å². The summed E-state index contributed by atoms with van der Waals surface area (Å²) in [4.78, 5) is 2.72. The van der Waals surface area contributed by atoms with E-state index in [-0.39, 0.29) is 4.90 Å². The van der Waals surface area contributed by atoms with E-state index in [9.17, 15) is 12.8 Å². The van der Waals surface area contributed by atoms with Crippen molar-refractivity contribution in [3.63, 3.8) is 0 Å². The quantitative estimate of drug-likeness (QED) is 0.849. The molecule has 2 heterocycles. The Balaban J connectivity index is 1.63. The molecule has 2 aliphatic rings. The van der Waals surface area contributed by atoms with Gasteiger partial charge < -0.3 is 4.90 Å². The normalized spacial score (nSPS) is 25.6. The lowest BCUT2D eigenvalue weighted by atomic mass is 9.96. The molecule has 2 saturated heterocycles. The standard InChI is InChI=1S/C17H25FN2O2S/c1-14-3-2-10-19(13-14)16-8-11-20(12-9-16)23(21,22)17-6-4-15(18)5-7-17/h4-7,14,16H,2-3,8-13H2,1H3. The number of likely N-dealkylation sites (tertiary alicyclic amines) is 1. The summed E-state index contributed by atoms with van der Waals surface area (Å²) in [6.07, 6.45) is 4.31. The molecule has 6 heteroatoms. The van der Waals surface area contributed by atoms with Gasteiger partial charge in [-0.1, -0.05) is 6.92 Å². The van der Waals surface area contributed by atoms with Gasteiger partial charge in [0.1, 0.15) is 5.82 Å². The predicted octanol–water partition coefficient (Wildman–Crippen LogP) is 2.71. The van der Waals surface area contributed by atoms with E-state index >= 15 is 0 Å². The maximum Gasteiger partial charge on any atom is 0.243 e. The first kappa shape index (κ1) is 16.9. The molecule has 4 nitrogen and oxygen atoms in total. The molecule has 2 fully saturated rings. The molecule has 23 heavy (non-hydrogen) atoms. The van der Waals surface area contributed by atoms with Crippen molar-refractivity contribution in [1.82, 2.24) is 9.21 Å². The fourth-order valence-electron chi connectivity index (χ4n) is 3.76. The number of halogens is 1. The van der Waals surface area contributed by atoms with E-state index in [1.165, 1.54) is 37.1 Å². The van der Waals surface area contributed by atoms with Crippen LogP contribution in [0, 0.1) is 11.7 Å². The molecule has 0 spiro atoms. The average Bonchev–Trinajstić information content (AvgIpc) is 2.55. The number of piperidine rings is 2. The van der Waals surface area contributed by atoms with Crippen molar-refractivity contribution < 1.29 is 12.8 Å². The highest BCUT2D eigenvalue weighted by Gasteiger charge is 2.32. The highest BCUT2D eigenvalue weighted by atomic mass is 32.2. The van der Waals surface area contributed by atoms with Gasteiger partial charge in [0.25, 0.3) is 0 Å². The van der Waals surface area contributed by atoms with Gasteiger partial charge in [-0.25, -0.2) is 12.8 Å². The fourth-order valence-corrected chi connectivity index (χ4v) is 5.23. The summed E-state index contributed by atoms with van der Waals surface area (Å²) >= 11 is 0. The Kier molecular flexibility index (Phi) is 5.04. The van der Waals surface area contributed by atoms with Crippen LogP contribution in [0.25, 0.3) is 0 Å². The molecule has 0 aliphatic carbocycles. The average molecular weight is 340 g/mol. The van der Waals surface area contributed by atoms with Crippen LogP contribution < -0.4 is 0 Å². The van der Waals surface area contributed by atoms with Crippen molar-refractivity contribution in [3.8, 4) is 0 Å². The molecule has 0 aromatic heterocycles. The first-order valence-corrected chi connectivity index (χ1v) is 9.90. The molecule has 1 aromatic carbocycles. The zero-order chi connectivity index (χ0) is 16.4. The van der Waals surface area contributed by atoms with Crippen molar-refractivity contribution in [1.29, 1.82) is 0 Å². The number of sulfonamides is 1. The van der Waals surface area contributed by atoms with Crippen molar-refractivity contribution >= 4 is 10.0 Å². The minimum Gasteiger partial charge on any atom is -0.300 e. The van der Waals surface area contributed by atoms with Gasteiger partial charge in [-0.15, -0.1) is 0 Å². The maximum atomic E-state index is 13.0. The van der Waals surface area contributed by atoms with E-state index < -0.39 is 15.8 Å². The zero-order valence-corrected chi connectivity index (χ0v) is 14.4. The van der Waals surface area contributed by atoms with Gasteiger partial charge >= 0.3 is 0 Å². The SMILES string of the molecule is CC1CCCN(C2CCN(S(=O)(=O)c3ccc(F)cc3)CC2)C1. The Labute approximate surface area is 138 Å². The summed E-state index contributed by atoms with van der Waals surface area (Å²) in [5.74, 6) is 0.326. The summed E-state index contributed by atoms with van der Waals surface area (Å²) in [5.41, 5.74) is 0. The van der Waals surface area contributed by atoms with Crippen molar-refractivity contribution in [3.05, 3.63) is 30.1 Å². The maximum absolute atomic E-state index is 13.0. The molecule has 0 radical (unpaired) electrons. The second kappa shape index (κ2) is 6.87. The van der Waals surface area contributed by atoms with Crippen LogP contribution in [0.1, 0.15) is 32.6 Å². The monoisotopic (exact) mass is 340 g/mol. The first-order valence-electron chi connectivity index (χ1n) is 8.46. The molecular weight excluding hydrogens is 315 g/mol. The van der Waals surface area contributed by atoms with E-state index in [1.807, 2.05) is 0 Å². The van der Waals surface area contributed by atoms with Crippen LogP contribution in [-0.2, 0) is 10.0 Å². The largest absolute Gasteiger partial charge is 0.300 e. The van der Waals surface area contributed by atoms with E-state index in [4.69, 9.17) is 0 Å². The minimum absolute atomic E-state index is 0.184. The Morgan fingerprint density at radius 3 is 2.30 bits per heavy atom. The summed E-state index contributed by atoms with van der Waals surface area (Å²) in [5, 5.41) is 0. The Hall–Kier alpha value is -0.980. The van der Waals surface area contributed by atoms with Crippen LogP contribution in [-0.4, -0.2) is 49.8 Å². The third-order valence-electron chi connectivity index (χ3n) is 5.08. The molecule has 0 bridgehead atoms. The zero-order valence-electron chi connectivity index (χ0n) is 13.6. The van der Waals surface area contributed by atoms with Gasteiger partial charge in [0.05, 0.1) is 4.90 Å². The first-order chi connectivity index (χ1) is 11.0. The van der Waals surface area contributed by atoms with Crippen LogP contribution in [0.5, 0.6) is 0 Å². The smallest absolute Gasteiger partial charge is 0.243 e. The van der Waals surface area contributed by atoms with Crippen molar-refractivity contribution in [2.75, 3.05) is 26.2 Å². The topological polar surface area (TPSA) is 40.6 Å². The van der Waals surface area contributed by atoms with Gasteiger partial charge in [0, 0.05) is 25.7 Å². The van der Waals surface area contributed by atoms with Crippen LogP contribution in [0.3, 0.4) is 0 Å². The van der Waals surface area contributed by atoms with Crippen LogP contribution in [0.4, 0.5) is 4.39 Å². The lowest BCUT2D eigenvalue weighted by molar-refractivity contribution is 0.0944. The molecule has 0 amide bonds. The van der Waals surface area contributed by atoms with Crippen molar-refractivity contribution in [2.45, 2.75) is 43.5 Å². The lowest BCUT2D eigenvalue weighted by Crippen LogP contribution is -2.49. The number of rotatable bonds is 3. The number of hydrogen-bond donors (Lipinski definition) is 0. The number of hydrogen-bond acceptors (Lipinski definition) is 3. The van der Waals surface area contributed by atoms with E-state index in [1.54, 1.807) is 4.31 Å². The van der Waals surface area contributed by atoms with Crippen LogP contribution in [0.15, 0.2) is 29.2 Å². The van der Waals surface area contributed by atoms with Gasteiger partial charge in [0.2, 0.25) is 10.0 Å². The molecule has 2 aliphatic heterocycles. The van der Waals surface area contributed by atoms with E-state index in [0.29, 0.717) is 19.1 Å². The number of nitrogens with zero attached hydrogens (tertiary/aromatic N) is 2. The lowest BCUT2D eigenvalue weighted by Gasteiger charge is -2.41. The van der Waals surface area contributed by atoms with Gasteiger partial charge in [-0.2, -0.15) is 4.31 Å². The molecule has 1 aromatic rings. The van der Waals surface area contributed by atoms with Crippen molar-refractivity contribution in [2.24, 2.45) is 5.92 Å². The third kappa shape index (κ3) is 3.75. The Bertz CT molecular complexity index is 624. The van der Waals surface area contributed by atoms with Gasteiger partial charge in [-0.3, -0.25) is 0 Å². The summed E-state index contributed by atoms with van der Waals surface area (Å²) < 4.78 is 39.8. The molecule has 0 saturated carbocycles. The highest BCUT2D eigenvalue weighted by molar-refractivity contribution is 7.89. The van der Waals surface area contributed by atoms with Gasteiger partial charge in [-0.05, 0) is 62.4 Å². The molecule has 1 unspecified atom stereocenters. The molecule has 1 atom stereocenters. The molecular formula is C17H25FN2O2S.